The summed E-state index contributed by atoms with van der Waals surface area (Å²) in [7, 11) is 1.60. The molecule has 0 bridgehead atoms. The summed E-state index contributed by atoms with van der Waals surface area (Å²) >= 11 is 1.72. The number of carboxylic acid groups (broad SMARTS) is 1. The van der Waals surface area contributed by atoms with Crippen molar-refractivity contribution in [2.24, 2.45) is 11.1 Å². The Labute approximate surface area is 196 Å². The highest BCUT2D eigenvalue weighted by Crippen LogP contribution is 2.53. The maximum atomic E-state index is 12.9. The van der Waals surface area contributed by atoms with E-state index in [2.05, 4.69) is 24.9 Å². The normalized spacial score (nSPS) is 19.3. The zero-order valence-corrected chi connectivity index (χ0v) is 19.9. The summed E-state index contributed by atoms with van der Waals surface area (Å²) in [6.07, 6.45) is 5.30. The molecule has 2 aliphatic carbocycles. The topological polar surface area (TPSA) is 105 Å². The van der Waals surface area contributed by atoms with Crippen molar-refractivity contribution in [1.29, 1.82) is 0 Å². The Morgan fingerprint density at radius 2 is 2.03 bits per heavy atom. The highest BCUT2D eigenvalue weighted by Gasteiger charge is 2.35. The van der Waals surface area contributed by atoms with Gasteiger partial charge in [-0.15, -0.1) is 23.7 Å². The zero-order chi connectivity index (χ0) is 22.1. The molecule has 0 aliphatic heterocycles. The van der Waals surface area contributed by atoms with Crippen LogP contribution in [0.25, 0.3) is 21.3 Å². The fourth-order valence-electron chi connectivity index (χ4n) is 4.98. The second kappa shape index (κ2) is 7.90. The van der Waals surface area contributed by atoms with E-state index in [1.54, 1.807) is 18.4 Å². The summed E-state index contributed by atoms with van der Waals surface area (Å²) < 4.78 is 5.84. The first-order valence-corrected chi connectivity index (χ1v) is 11.4. The molecular weight excluding hydrogens is 448 g/mol. The number of pyridine rings is 1. The van der Waals surface area contributed by atoms with Crippen LogP contribution in [-0.4, -0.2) is 23.2 Å². The minimum Gasteiger partial charge on any atom is -0.494 e. The number of thiophene rings is 1. The number of methoxy groups -OCH3 is 1. The number of benzene rings is 1. The third-order valence-electron chi connectivity index (χ3n) is 6.48. The van der Waals surface area contributed by atoms with Gasteiger partial charge in [-0.05, 0) is 60.3 Å². The summed E-state index contributed by atoms with van der Waals surface area (Å²) in [6, 6.07) is 4.13. The molecule has 32 heavy (non-hydrogen) atoms. The molecule has 1 fully saturated rings. The van der Waals surface area contributed by atoms with Crippen LogP contribution in [0.15, 0.2) is 23.1 Å². The van der Waals surface area contributed by atoms with Gasteiger partial charge in [0.25, 0.3) is 0 Å². The first-order chi connectivity index (χ1) is 14.7. The number of ether oxygens (including phenoxy) is 1. The molecule has 3 aromatic rings. The minimum atomic E-state index is -1.23. The van der Waals surface area contributed by atoms with Crippen LogP contribution in [0.3, 0.4) is 0 Å². The van der Waals surface area contributed by atoms with Crippen LogP contribution in [0.1, 0.15) is 71.4 Å². The standard InChI is InChI=1S/C24H26N2O4S.ClH/c1-24(2)8-12-6-17(31-22(12)16(25)9-24)18-13(11-4-5-11)7-14-19(21(18)30-3)26-10-15(20(14)27)23(28)29;/h6-7,10-11,16H,4-5,8-9,25H2,1-3H3,(H,26,27)(H,28,29);1H. The monoisotopic (exact) mass is 474 g/mol. The number of hydrogen-bond acceptors (Lipinski definition) is 5. The van der Waals surface area contributed by atoms with E-state index in [0.29, 0.717) is 22.6 Å². The molecule has 1 saturated carbocycles. The summed E-state index contributed by atoms with van der Waals surface area (Å²) in [5, 5.41) is 9.74. The van der Waals surface area contributed by atoms with Crippen LogP contribution in [0, 0.1) is 5.41 Å². The van der Waals surface area contributed by atoms with Crippen molar-refractivity contribution >= 4 is 40.6 Å². The van der Waals surface area contributed by atoms with E-state index in [-0.39, 0.29) is 29.4 Å². The van der Waals surface area contributed by atoms with Gasteiger partial charge in [-0.25, -0.2) is 4.79 Å². The molecule has 4 N–H and O–H groups in total. The maximum Gasteiger partial charge on any atom is 0.341 e. The molecule has 0 saturated heterocycles. The lowest BCUT2D eigenvalue weighted by molar-refractivity contribution is 0.0695. The smallest absolute Gasteiger partial charge is 0.341 e. The molecule has 1 unspecified atom stereocenters. The van der Waals surface area contributed by atoms with Gasteiger partial charge >= 0.3 is 5.97 Å². The van der Waals surface area contributed by atoms with E-state index in [4.69, 9.17) is 10.5 Å². The van der Waals surface area contributed by atoms with Gasteiger partial charge in [-0.1, -0.05) is 13.8 Å². The number of nitrogens with two attached hydrogens (primary N) is 1. The highest BCUT2D eigenvalue weighted by molar-refractivity contribution is 7.15. The molecule has 0 amide bonds. The summed E-state index contributed by atoms with van der Waals surface area (Å²) in [5.41, 5.74) is 9.83. The number of nitrogens with one attached hydrogen (secondary N) is 1. The van der Waals surface area contributed by atoms with Crippen molar-refractivity contribution < 1.29 is 14.6 Å². The van der Waals surface area contributed by atoms with Crippen LogP contribution in [-0.2, 0) is 6.42 Å². The lowest BCUT2D eigenvalue weighted by Crippen LogP contribution is -2.28. The van der Waals surface area contributed by atoms with Gasteiger partial charge in [0, 0.05) is 27.6 Å². The fraction of sp³-hybridized carbons (Fsp3) is 0.417. The average Bonchev–Trinajstić information content (AvgIpc) is 3.45. The molecular formula is C24H27ClN2O4S. The van der Waals surface area contributed by atoms with Crippen LogP contribution in [0.4, 0.5) is 0 Å². The van der Waals surface area contributed by atoms with E-state index in [1.807, 2.05) is 6.07 Å². The number of carbonyl (C=O) groups is 1. The average molecular weight is 475 g/mol. The molecule has 0 radical (unpaired) electrons. The van der Waals surface area contributed by atoms with Crippen molar-refractivity contribution in [3.8, 4) is 16.2 Å². The van der Waals surface area contributed by atoms with Crippen molar-refractivity contribution in [1.82, 2.24) is 4.98 Å². The van der Waals surface area contributed by atoms with Gasteiger partial charge in [0.05, 0.1) is 18.0 Å². The molecule has 5 rings (SSSR count). The van der Waals surface area contributed by atoms with Gasteiger partial charge in [-0.3, -0.25) is 4.79 Å². The zero-order valence-electron chi connectivity index (χ0n) is 18.3. The van der Waals surface area contributed by atoms with Crippen LogP contribution >= 0.6 is 23.7 Å². The predicted molar refractivity (Wildman–Crippen MR) is 130 cm³/mol. The highest BCUT2D eigenvalue weighted by atomic mass is 35.5. The number of aromatic nitrogens is 1. The lowest BCUT2D eigenvalue weighted by Gasteiger charge is -2.33. The Bertz CT molecular complexity index is 1290. The molecule has 6 nitrogen and oxygen atoms in total. The molecule has 1 atom stereocenters. The van der Waals surface area contributed by atoms with E-state index in [1.165, 1.54) is 16.6 Å². The minimum absolute atomic E-state index is 0. The molecule has 2 aliphatic rings. The third kappa shape index (κ3) is 3.62. The van der Waals surface area contributed by atoms with Crippen molar-refractivity contribution in [2.45, 2.75) is 51.5 Å². The van der Waals surface area contributed by atoms with Crippen molar-refractivity contribution in [3.05, 3.63) is 50.1 Å². The number of carboxylic acids is 1. The van der Waals surface area contributed by atoms with Gasteiger partial charge in [0.15, 0.2) is 5.75 Å². The van der Waals surface area contributed by atoms with Crippen molar-refractivity contribution in [2.75, 3.05) is 7.11 Å². The van der Waals surface area contributed by atoms with Gasteiger partial charge in [0.2, 0.25) is 5.43 Å². The molecule has 0 spiro atoms. The number of hydrogen-bond donors (Lipinski definition) is 3. The van der Waals surface area contributed by atoms with Gasteiger partial charge < -0.3 is 20.6 Å². The van der Waals surface area contributed by atoms with Crippen LogP contribution < -0.4 is 15.9 Å². The number of halogens is 1. The molecule has 8 heteroatoms. The third-order valence-corrected chi connectivity index (χ3v) is 7.81. The number of aromatic amines is 1. The lowest BCUT2D eigenvalue weighted by atomic mass is 9.75. The van der Waals surface area contributed by atoms with E-state index < -0.39 is 11.4 Å². The molecule has 2 heterocycles. The van der Waals surface area contributed by atoms with Gasteiger partial charge in [0.1, 0.15) is 5.56 Å². The summed E-state index contributed by atoms with van der Waals surface area (Å²) in [5.74, 6) is -0.285. The summed E-state index contributed by atoms with van der Waals surface area (Å²) in [4.78, 5) is 29.7. The quantitative estimate of drug-likeness (QED) is 0.479. The Hall–Kier alpha value is -2.35. The summed E-state index contributed by atoms with van der Waals surface area (Å²) in [6.45, 7) is 4.51. The Morgan fingerprint density at radius 3 is 2.66 bits per heavy atom. The Kier molecular flexibility index (Phi) is 5.64. The first kappa shape index (κ1) is 22.8. The van der Waals surface area contributed by atoms with E-state index in [9.17, 15) is 14.7 Å². The van der Waals surface area contributed by atoms with E-state index in [0.717, 1.165) is 41.7 Å². The molecule has 2 aromatic heterocycles. The van der Waals surface area contributed by atoms with E-state index >= 15 is 0 Å². The van der Waals surface area contributed by atoms with Crippen LogP contribution in [0.2, 0.25) is 0 Å². The number of H-pyrrole nitrogens is 1. The Balaban J connectivity index is 0.00000245. The number of fused-ring (bicyclic) bond motifs is 2. The second-order valence-electron chi connectivity index (χ2n) is 9.56. The Morgan fingerprint density at radius 1 is 1.31 bits per heavy atom. The molecule has 170 valence electrons. The predicted octanol–water partition coefficient (Wildman–Crippen LogP) is 5.23. The molecule has 1 aromatic carbocycles. The van der Waals surface area contributed by atoms with Crippen molar-refractivity contribution in [3.63, 3.8) is 0 Å². The van der Waals surface area contributed by atoms with Gasteiger partial charge in [-0.2, -0.15) is 0 Å². The number of aromatic carboxylic acids is 1. The SMILES string of the molecule is COc1c(-c2cc3c(s2)C(N)CC(C)(C)C3)c(C2CC2)cc2c(=O)c(C(=O)O)c[nH]c12.Cl. The maximum absolute atomic E-state index is 12.9. The second-order valence-corrected chi connectivity index (χ2v) is 10.6. The number of rotatable bonds is 4. The fourth-order valence-corrected chi connectivity index (χ4v) is 6.23. The van der Waals surface area contributed by atoms with Crippen LogP contribution in [0.5, 0.6) is 5.75 Å². The largest absolute Gasteiger partial charge is 0.494 e. The first-order valence-electron chi connectivity index (χ1n) is 10.6.